The molecule has 3 atom stereocenters. The molecule has 1 heterocycles. The molecule has 0 bridgehead atoms. The zero-order valence-electron chi connectivity index (χ0n) is 13.9. The lowest BCUT2D eigenvalue weighted by Crippen LogP contribution is -2.54. The molecule has 4 heteroatoms. The van der Waals surface area contributed by atoms with Crippen molar-refractivity contribution in [1.82, 2.24) is 15.1 Å². The minimum absolute atomic E-state index is 0.0410. The fourth-order valence-electron chi connectivity index (χ4n) is 4.31. The standard InChI is InChI=1S/C17H33N3O/c1-14-12-20(11-10-19(14)2)9-7-15-4-3-8-17(15,13-21)18-16-5-6-16/h14-16,18,21H,3-13H2,1-2H3. The molecule has 1 aliphatic heterocycles. The summed E-state index contributed by atoms with van der Waals surface area (Å²) in [4.78, 5) is 5.08. The van der Waals surface area contributed by atoms with E-state index in [-0.39, 0.29) is 5.54 Å². The summed E-state index contributed by atoms with van der Waals surface area (Å²) in [6.45, 7) is 7.46. The predicted molar refractivity (Wildman–Crippen MR) is 86.5 cm³/mol. The van der Waals surface area contributed by atoms with Gasteiger partial charge < -0.3 is 20.2 Å². The quantitative estimate of drug-likeness (QED) is 0.775. The monoisotopic (exact) mass is 295 g/mol. The summed E-state index contributed by atoms with van der Waals surface area (Å²) in [5.74, 6) is 0.665. The highest BCUT2D eigenvalue weighted by Crippen LogP contribution is 2.40. The second kappa shape index (κ2) is 6.53. The Hall–Kier alpha value is -0.160. The largest absolute Gasteiger partial charge is 0.394 e. The van der Waals surface area contributed by atoms with E-state index in [9.17, 15) is 5.11 Å². The van der Waals surface area contributed by atoms with Crippen LogP contribution in [0, 0.1) is 5.92 Å². The van der Waals surface area contributed by atoms with Gasteiger partial charge in [-0.05, 0) is 58.5 Å². The molecule has 0 aromatic rings. The maximum Gasteiger partial charge on any atom is 0.0616 e. The van der Waals surface area contributed by atoms with Crippen LogP contribution in [0.3, 0.4) is 0 Å². The average molecular weight is 295 g/mol. The summed E-state index contributed by atoms with van der Waals surface area (Å²) >= 11 is 0. The lowest BCUT2D eigenvalue weighted by molar-refractivity contribution is 0.0810. The van der Waals surface area contributed by atoms with E-state index in [4.69, 9.17) is 0 Å². The topological polar surface area (TPSA) is 38.7 Å². The number of piperazine rings is 1. The Balaban J connectivity index is 1.51. The molecule has 0 amide bonds. The molecule has 3 unspecified atom stereocenters. The molecule has 0 aromatic heterocycles. The van der Waals surface area contributed by atoms with Crippen LogP contribution >= 0.6 is 0 Å². The Labute approximate surface area is 129 Å². The molecule has 3 fully saturated rings. The third-order valence-corrected chi connectivity index (χ3v) is 6.15. The molecule has 4 nitrogen and oxygen atoms in total. The van der Waals surface area contributed by atoms with Crippen LogP contribution in [0.15, 0.2) is 0 Å². The highest BCUT2D eigenvalue weighted by molar-refractivity contribution is 5.03. The van der Waals surface area contributed by atoms with E-state index in [1.54, 1.807) is 0 Å². The number of aliphatic hydroxyl groups is 1. The molecular weight excluding hydrogens is 262 g/mol. The number of rotatable bonds is 6. The van der Waals surface area contributed by atoms with Crippen LogP contribution in [-0.2, 0) is 0 Å². The third kappa shape index (κ3) is 3.61. The van der Waals surface area contributed by atoms with Gasteiger partial charge in [0, 0.05) is 37.3 Å². The van der Waals surface area contributed by atoms with Gasteiger partial charge in [-0.3, -0.25) is 0 Å². The van der Waals surface area contributed by atoms with E-state index >= 15 is 0 Å². The third-order valence-electron chi connectivity index (χ3n) is 6.15. The summed E-state index contributed by atoms with van der Waals surface area (Å²) in [6.07, 6.45) is 7.61. The fourth-order valence-corrected chi connectivity index (χ4v) is 4.31. The number of aliphatic hydroxyl groups excluding tert-OH is 1. The Morgan fingerprint density at radius 1 is 1.24 bits per heavy atom. The van der Waals surface area contributed by atoms with Gasteiger partial charge in [-0.15, -0.1) is 0 Å². The van der Waals surface area contributed by atoms with E-state index in [0.717, 1.165) is 0 Å². The van der Waals surface area contributed by atoms with Crippen LogP contribution in [-0.4, -0.2) is 72.4 Å². The molecule has 1 saturated heterocycles. The van der Waals surface area contributed by atoms with E-state index in [1.165, 1.54) is 64.7 Å². The first kappa shape index (κ1) is 15.7. The zero-order valence-corrected chi connectivity index (χ0v) is 13.9. The van der Waals surface area contributed by atoms with Crippen molar-refractivity contribution in [3.63, 3.8) is 0 Å². The molecular formula is C17H33N3O. The van der Waals surface area contributed by atoms with Crippen LogP contribution in [0.5, 0.6) is 0 Å². The molecule has 2 saturated carbocycles. The molecule has 0 aromatic carbocycles. The summed E-state index contributed by atoms with van der Waals surface area (Å²) < 4.78 is 0. The molecule has 2 N–H and O–H groups in total. The molecule has 21 heavy (non-hydrogen) atoms. The molecule has 0 spiro atoms. The normalized spacial score (nSPS) is 39.0. The van der Waals surface area contributed by atoms with Crippen LogP contribution in [0.25, 0.3) is 0 Å². The van der Waals surface area contributed by atoms with Crippen LogP contribution in [0.4, 0.5) is 0 Å². The van der Waals surface area contributed by atoms with Gasteiger partial charge in [0.05, 0.1) is 6.61 Å². The first-order chi connectivity index (χ1) is 10.1. The van der Waals surface area contributed by atoms with Gasteiger partial charge in [0.15, 0.2) is 0 Å². The highest BCUT2D eigenvalue weighted by Gasteiger charge is 2.45. The second-order valence-electron chi connectivity index (χ2n) is 7.74. The minimum Gasteiger partial charge on any atom is -0.394 e. The van der Waals surface area contributed by atoms with Crippen LogP contribution in [0.1, 0.15) is 45.4 Å². The Bertz CT molecular complexity index is 347. The number of nitrogens with zero attached hydrogens (tertiary/aromatic N) is 2. The lowest BCUT2D eigenvalue weighted by atomic mass is 9.85. The first-order valence-corrected chi connectivity index (χ1v) is 8.94. The Morgan fingerprint density at radius 2 is 2.05 bits per heavy atom. The van der Waals surface area contributed by atoms with Gasteiger partial charge in [0.25, 0.3) is 0 Å². The SMILES string of the molecule is CC1CN(CCC2CCCC2(CO)NC2CC2)CCN1C. The molecule has 3 aliphatic rings. The molecule has 0 radical (unpaired) electrons. The Morgan fingerprint density at radius 3 is 2.71 bits per heavy atom. The van der Waals surface area contributed by atoms with Crippen molar-refractivity contribution in [1.29, 1.82) is 0 Å². The van der Waals surface area contributed by atoms with Crippen LogP contribution in [0.2, 0.25) is 0 Å². The maximum atomic E-state index is 9.99. The van der Waals surface area contributed by atoms with Crippen molar-refractivity contribution in [2.75, 3.05) is 39.8 Å². The smallest absolute Gasteiger partial charge is 0.0616 e. The van der Waals surface area contributed by atoms with Gasteiger partial charge in [-0.2, -0.15) is 0 Å². The predicted octanol–water partition coefficient (Wildman–Crippen LogP) is 1.30. The van der Waals surface area contributed by atoms with Crippen molar-refractivity contribution in [3.05, 3.63) is 0 Å². The van der Waals surface area contributed by atoms with Gasteiger partial charge in [0.1, 0.15) is 0 Å². The van der Waals surface area contributed by atoms with E-state index in [2.05, 4.69) is 29.1 Å². The van der Waals surface area contributed by atoms with Crippen LogP contribution < -0.4 is 5.32 Å². The lowest BCUT2D eigenvalue weighted by Gasteiger charge is -2.40. The first-order valence-electron chi connectivity index (χ1n) is 8.94. The summed E-state index contributed by atoms with van der Waals surface area (Å²) in [7, 11) is 2.23. The van der Waals surface area contributed by atoms with Gasteiger partial charge in [-0.25, -0.2) is 0 Å². The molecule has 3 rings (SSSR count). The van der Waals surface area contributed by atoms with Crippen molar-refractivity contribution >= 4 is 0 Å². The van der Waals surface area contributed by atoms with Crippen molar-refractivity contribution < 1.29 is 5.11 Å². The average Bonchev–Trinajstić information content (AvgIpc) is 3.20. The Kier molecular flexibility index (Phi) is 4.89. The molecule has 2 aliphatic carbocycles. The maximum absolute atomic E-state index is 9.99. The van der Waals surface area contributed by atoms with Gasteiger partial charge >= 0.3 is 0 Å². The van der Waals surface area contributed by atoms with E-state index in [1.807, 2.05) is 0 Å². The fraction of sp³-hybridized carbons (Fsp3) is 1.00. The van der Waals surface area contributed by atoms with Gasteiger partial charge in [-0.1, -0.05) is 6.42 Å². The number of hydrogen-bond acceptors (Lipinski definition) is 4. The van der Waals surface area contributed by atoms with Gasteiger partial charge in [0.2, 0.25) is 0 Å². The highest BCUT2D eigenvalue weighted by atomic mass is 16.3. The van der Waals surface area contributed by atoms with Crippen molar-refractivity contribution in [2.24, 2.45) is 5.92 Å². The summed E-state index contributed by atoms with van der Waals surface area (Å²) in [5, 5.41) is 13.8. The number of likely N-dealkylation sites (N-methyl/N-ethyl adjacent to an activating group) is 1. The minimum atomic E-state index is 0.0410. The van der Waals surface area contributed by atoms with E-state index in [0.29, 0.717) is 24.6 Å². The summed E-state index contributed by atoms with van der Waals surface area (Å²) in [5.41, 5.74) is 0.0410. The number of hydrogen-bond donors (Lipinski definition) is 2. The van der Waals surface area contributed by atoms with E-state index < -0.39 is 0 Å². The number of nitrogens with one attached hydrogen (secondary N) is 1. The van der Waals surface area contributed by atoms with Crippen molar-refractivity contribution in [3.8, 4) is 0 Å². The van der Waals surface area contributed by atoms with Crippen molar-refractivity contribution in [2.45, 2.75) is 63.1 Å². The molecule has 122 valence electrons. The zero-order chi connectivity index (χ0) is 14.9. The second-order valence-corrected chi connectivity index (χ2v) is 7.74. The summed E-state index contributed by atoms with van der Waals surface area (Å²) in [6, 6.07) is 1.37.